The van der Waals surface area contributed by atoms with E-state index in [0.717, 1.165) is 11.4 Å². The minimum absolute atomic E-state index is 0.451. The molecular formula is C15H17N3O2. The molecule has 0 saturated carbocycles. The van der Waals surface area contributed by atoms with Crippen LogP contribution in [0.2, 0.25) is 0 Å². The highest BCUT2D eigenvalue weighted by molar-refractivity contribution is 5.73. The Morgan fingerprint density at radius 1 is 1.25 bits per heavy atom. The topological polar surface area (TPSA) is 65.3 Å². The molecule has 0 aliphatic heterocycles. The van der Waals surface area contributed by atoms with Gasteiger partial charge in [-0.3, -0.25) is 4.79 Å². The van der Waals surface area contributed by atoms with Crippen LogP contribution < -0.4 is 4.90 Å². The van der Waals surface area contributed by atoms with Crippen LogP contribution in [-0.4, -0.2) is 25.2 Å². The summed E-state index contributed by atoms with van der Waals surface area (Å²) in [6.07, 6.45) is 5.59. The molecule has 2 rings (SSSR count). The lowest BCUT2D eigenvalue weighted by molar-refractivity contribution is -0.139. The van der Waals surface area contributed by atoms with Crippen LogP contribution in [0.3, 0.4) is 0 Å². The zero-order chi connectivity index (χ0) is 14.5. The van der Waals surface area contributed by atoms with Gasteiger partial charge < -0.3 is 10.0 Å². The average molecular weight is 271 g/mol. The van der Waals surface area contributed by atoms with Crippen molar-refractivity contribution in [3.63, 3.8) is 0 Å². The van der Waals surface area contributed by atoms with E-state index in [-0.39, 0.29) is 0 Å². The Labute approximate surface area is 117 Å². The number of carbonyl (C=O) groups is 1. The van der Waals surface area contributed by atoms with Gasteiger partial charge in [0, 0.05) is 19.8 Å². The second kappa shape index (κ2) is 6.14. The SMILES string of the molecule is CN(C)c1ccc(N=NC2=CCC(C(=O)O)C=C2)cc1. The first-order valence-electron chi connectivity index (χ1n) is 6.36. The molecule has 0 heterocycles. The van der Waals surface area contributed by atoms with Crippen molar-refractivity contribution in [3.8, 4) is 0 Å². The lowest BCUT2D eigenvalue weighted by Crippen LogP contribution is -2.11. The highest BCUT2D eigenvalue weighted by Crippen LogP contribution is 2.21. The minimum Gasteiger partial charge on any atom is -0.481 e. The number of azo groups is 1. The standard InChI is InChI=1S/C15H17N3O2/c1-18(2)14-9-7-13(8-10-14)17-16-12-5-3-11(4-6-12)15(19)20/h3,5-11H,4H2,1-2H3,(H,19,20). The second-order valence-corrected chi connectivity index (χ2v) is 4.78. The maximum atomic E-state index is 10.8. The molecule has 0 radical (unpaired) electrons. The van der Waals surface area contributed by atoms with E-state index in [1.54, 1.807) is 18.2 Å². The Morgan fingerprint density at radius 2 is 1.95 bits per heavy atom. The first-order chi connectivity index (χ1) is 9.56. The second-order valence-electron chi connectivity index (χ2n) is 4.78. The van der Waals surface area contributed by atoms with Crippen molar-refractivity contribution in [1.29, 1.82) is 0 Å². The fraction of sp³-hybridized carbons (Fsp3) is 0.267. The Kier molecular flexibility index (Phi) is 4.30. The van der Waals surface area contributed by atoms with Gasteiger partial charge in [0.2, 0.25) is 0 Å². The number of hydrogen-bond donors (Lipinski definition) is 1. The van der Waals surface area contributed by atoms with E-state index < -0.39 is 11.9 Å². The van der Waals surface area contributed by atoms with Crippen LogP contribution >= 0.6 is 0 Å². The normalized spacial score (nSPS) is 18.1. The molecule has 0 fully saturated rings. The van der Waals surface area contributed by atoms with Crippen molar-refractivity contribution >= 4 is 17.3 Å². The molecule has 104 valence electrons. The smallest absolute Gasteiger partial charge is 0.310 e. The number of benzene rings is 1. The maximum Gasteiger partial charge on any atom is 0.310 e. The van der Waals surface area contributed by atoms with Gasteiger partial charge in [-0.15, -0.1) is 0 Å². The van der Waals surface area contributed by atoms with E-state index in [1.807, 2.05) is 43.3 Å². The van der Waals surface area contributed by atoms with Crippen molar-refractivity contribution in [2.24, 2.45) is 16.1 Å². The van der Waals surface area contributed by atoms with Gasteiger partial charge in [-0.05, 0) is 36.8 Å². The summed E-state index contributed by atoms with van der Waals surface area (Å²) in [5, 5.41) is 17.1. The van der Waals surface area contributed by atoms with Crippen LogP contribution in [-0.2, 0) is 4.79 Å². The van der Waals surface area contributed by atoms with Gasteiger partial charge in [0.1, 0.15) is 0 Å². The van der Waals surface area contributed by atoms with Crippen LogP contribution in [0.1, 0.15) is 6.42 Å². The lowest BCUT2D eigenvalue weighted by atomic mass is 10.0. The number of allylic oxidation sites excluding steroid dienone is 2. The van der Waals surface area contributed by atoms with Crippen molar-refractivity contribution in [2.45, 2.75) is 6.42 Å². The third-order valence-electron chi connectivity index (χ3n) is 3.04. The number of hydrogen-bond acceptors (Lipinski definition) is 4. The molecule has 0 bridgehead atoms. The molecular weight excluding hydrogens is 254 g/mol. The maximum absolute atomic E-state index is 10.8. The molecule has 5 nitrogen and oxygen atoms in total. The highest BCUT2D eigenvalue weighted by atomic mass is 16.4. The van der Waals surface area contributed by atoms with Gasteiger partial charge in [-0.1, -0.05) is 12.2 Å². The van der Waals surface area contributed by atoms with Crippen LogP contribution in [0.4, 0.5) is 11.4 Å². The van der Waals surface area contributed by atoms with E-state index >= 15 is 0 Å². The molecule has 20 heavy (non-hydrogen) atoms. The lowest BCUT2D eigenvalue weighted by Gasteiger charge is -2.11. The van der Waals surface area contributed by atoms with Crippen molar-refractivity contribution in [1.82, 2.24) is 0 Å². The van der Waals surface area contributed by atoms with Crippen LogP contribution in [0.15, 0.2) is 58.4 Å². The van der Waals surface area contributed by atoms with Gasteiger partial charge in [0.05, 0.1) is 17.3 Å². The number of carboxylic acids is 1. The van der Waals surface area contributed by atoms with Crippen molar-refractivity contribution < 1.29 is 9.90 Å². The number of rotatable bonds is 4. The summed E-state index contributed by atoms with van der Waals surface area (Å²) in [7, 11) is 3.96. The highest BCUT2D eigenvalue weighted by Gasteiger charge is 2.15. The molecule has 0 spiro atoms. The van der Waals surface area contributed by atoms with Crippen LogP contribution in [0.5, 0.6) is 0 Å². The molecule has 1 unspecified atom stereocenters. The zero-order valence-corrected chi connectivity index (χ0v) is 11.5. The predicted molar refractivity (Wildman–Crippen MR) is 78.3 cm³/mol. The quantitative estimate of drug-likeness (QED) is 0.854. The summed E-state index contributed by atoms with van der Waals surface area (Å²) in [6, 6.07) is 7.73. The van der Waals surface area contributed by atoms with E-state index in [4.69, 9.17) is 5.11 Å². The molecule has 1 N–H and O–H groups in total. The number of nitrogens with zero attached hydrogens (tertiary/aromatic N) is 3. The van der Waals surface area contributed by atoms with Gasteiger partial charge in [0.15, 0.2) is 0 Å². The summed E-state index contributed by atoms with van der Waals surface area (Å²) in [5.41, 5.74) is 2.56. The molecule has 1 aliphatic carbocycles. The zero-order valence-electron chi connectivity index (χ0n) is 11.5. The first kappa shape index (κ1) is 14.0. The molecule has 0 aromatic heterocycles. The Bertz CT molecular complexity index is 571. The predicted octanol–water partition coefficient (Wildman–Crippen LogP) is 3.38. The molecule has 1 aliphatic rings. The van der Waals surface area contributed by atoms with Gasteiger partial charge in [0.25, 0.3) is 0 Å². The van der Waals surface area contributed by atoms with Crippen molar-refractivity contribution in [3.05, 3.63) is 48.2 Å². The van der Waals surface area contributed by atoms with Crippen LogP contribution in [0, 0.1) is 5.92 Å². The van der Waals surface area contributed by atoms with Gasteiger partial charge in [-0.2, -0.15) is 10.2 Å². The summed E-state index contributed by atoms with van der Waals surface area (Å²) in [4.78, 5) is 12.8. The van der Waals surface area contributed by atoms with E-state index in [9.17, 15) is 4.79 Å². The number of carboxylic acid groups (broad SMARTS) is 1. The van der Waals surface area contributed by atoms with E-state index in [0.29, 0.717) is 12.1 Å². The molecule has 0 saturated heterocycles. The fourth-order valence-electron chi connectivity index (χ4n) is 1.80. The van der Waals surface area contributed by atoms with Gasteiger partial charge >= 0.3 is 5.97 Å². The molecule has 1 atom stereocenters. The number of anilines is 1. The third-order valence-corrected chi connectivity index (χ3v) is 3.04. The average Bonchev–Trinajstić information content (AvgIpc) is 2.46. The molecule has 1 aromatic rings. The summed E-state index contributed by atoms with van der Waals surface area (Å²) in [6.45, 7) is 0. The monoisotopic (exact) mass is 271 g/mol. The minimum atomic E-state index is -0.812. The molecule has 5 heteroatoms. The van der Waals surface area contributed by atoms with Crippen LogP contribution in [0.25, 0.3) is 0 Å². The summed E-state index contributed by atoms with van der Waals surface area (Å²) < 4.78 is 0. The largest absolute Gasteiger partial charge is 0.481 e. The Morgan fingerprint density at radius 3 is 2.45 bits per heavy atom. The Balaban J connectivity index is 2.00. The Hall–Kier alpha value is -2.43. The van der Waals surface area contributed by atoms with Gasteiger partial charge in [-0.25, -0.2) is 0 Å². The van der Waals surface area contributed by atoms with Crippen molar-refractivity contribution in [2.75, 3.05) is 19.0 Å². The summed E-state index contributed by atoms with van der Waals surface area (Å²) in [5.74, 6) is -1.26. The fourth-order valence-corrected chi connectivity index (χ4v) is 1.80. The third kappa shape index (κ3) is 3.54. The molecule has 1 aromatic carbocycles. The number of aliphatic carboxylic acids is 1. The summed E-state index contributed by atoms with van der Waals surface area (Å²) >= 11 is 0. The molecule has 0 amide bonds. The van der Waals surface area contributed by atoms with E-state index in [2.05, 4.69) is 10.2 Å². The first-order valence-corrected chi connectivity index (χ1v) is 6.36. The van der Waals surface area contributed by atoms with E-state index in [1.165, 1.54) is 0 Å².